The Balaban J connectivity index is 1.35. The van der Waals surface area contributed by atoms with Gasteiger partial charge in [0.15, 0.2) is 0 Å². The van der Waals surface area contributed by atoms with Crippen molar-refractivity contribution in [3.8, 4) is 0 Å². The fourth-order valence-corrected chi connectivity index (χ4v) is 3.81. The average molecular weight is 399 g/mol. The Morgan fingerprint density at radius 1 is 0.857 bits per heavy atom. The fraction of sp³-hybridized carbons (Fsp3) is 0.391. The number of carbonyl (C=O) groups excluding carboxylic acids is 2. The van der Waals surface area contributed by atoms with Gasteiger partial charge < -0.3 is 10.6 Å². The molecule has 0 aromatic heterocycles. The van der Waals surface area contributed by atoms with Crippen molar-refractivity contribution in [3.63, 3.8) is 0 Å². The predicted molar refractivity (Wildman–Crippen MR) is 113 cm³/mol. The van der Waals surface area contributed by atoms with Gasteiger partial charge in [0, 0.05) is 29.1 Å². The molecule has 0 unspecified atom stereocenters. The lowest BCUT2D eigenvalue weighted by molar-refractivity contribution is -0.128. The lowest BCUT2D eigenvalue weighted by atomic mass is 9.81. The monoisotopic (exact) mass is 398 g/mol. The number of nitrogens with one attached hydrogen (secondary N) is 2. The van der Waals surface area contributed by atoms with Crippen LogP contribution in [0.2, 0.25) is 5.02 Å². The molecule has 1 fully saturated rings. The van der Waals surface area contributed by atoms with Crippen LogP contribution in [0.15, 0.2) is 54.6 Å². The van der Waals surface area contributed by atoms with E-state index in [4.69, 9.17) is 11.6 Å². The molecule has 0 heterocycles. The first kappa shape index (κ1) is 20.4. The summed E-state index contributed by atoms with van der Waals surface area (Å²) in [6.45, 7) is 0.699. The number of hydrogen-bond donors (Lipinski definition) is 2. The van der Waals surface area contributed by atoms with Crippen LogP contribution < -0.4 is 10.6 Å². The van der Waals surface area contributed by atoms with Crippen LogP contribution in [0.25, 0.3) is 0 Å². The molecule has 1 aliphatic carbocycles. The third kappa shape index (κ3) is 6.10. The molecular weight excluding hydrogens is 372 g/mol. The molecule has 1 aliphatic rings. The summed E-state index contributed by atoms with van der Waals surface area (Å²) < 4.78 is 0. The van der Waals surface area contributed by atoms with Gasteiger partial charge in [-0.3, -0.25) is 9.59 Å². The Bertz CT molecular complexity index is 769. The van der Waals surface area contributed by atoms with E-state index in [1.54, 1.807) is 24.3 Å². The summed E-state index contributed by atoms with van der Waals surface area (Å²) in [7, 11) is 0. The summed E-state index contributed by atoms with van der Waals surface area (Å²) in [4.78, 5) is 24.8. The van der Waals surface area contributed by atoms with E-state index in [1.807, 2.05) is 18.2 Å². The van der Waals surface area contributed by atoms with Crippen molar-refractivity contribution in [3.05, 3.63) is 65.2 Å². The van der Waals surface area contributed by atoms with Crippen molar-refractivity contribution in [1.29, 1.82) is 0 Å². The molecule has 0 spiro atoms. The van der Waals surface area contributed by atoms with E-state index in [0.717, 1.165) is 44.2 Å². The minimum Gasteiger partial charge on any atom is -0.356 e. The van der Waals surface area contributed by atoms with E-state index in [-0.39, 0.29) is 23.7 Å². The average Bonchev–Trinajstić information content (AvgIpc) is 2.73. The highest BCUT2D eigenvalue weighted by Gasteiger charge is 2.29. The minimum absolute atomic E-state index is 0.0244. The van der Waals surface area contributed by atoms with Crippen molar-refractivity contribution >= 4 is 29.1 Å². The molecule has 2 aromatic rings. The Morgan fingerprint density at radius 2 is 1.46 bits per heavy atom. The smallest absolute Gasteiger partial charge is 0.227 e. The molecule has 1 saturated carbocycles. The molecule has 2 amide bonds. The van der Waals surface area contributed by atoms with Crippen LogP contribution in [0.5, 0.6) is 0 Å². The molecule has 2 aromatic carbocycles. The molecule has 3 rings (SSSR count). The number of rotatable bonds is 7. The molecule has 4 nitrogen and oxygen atoms in total. The standard InChI is InChI=1S/C23H27ClN2O2/c24-20-12-14-21(15-13-20)26-23(28)19-10-8-18(9-11-19)22(27)25-16-4-7-17-5-2-1-3-6-17/h1-3,5-6,12-15,18-19H,4,7-11,16H2,(H,25,27)(H,26,28). The number of aryl methyl sites for hydroxylation is 1. The van der Waals surface area contributed by atoms with E-state index in [0.29, 0.717) is 11.6 Å². The van der Waals surface area contributed by atoms with Crippen LogP contribution in [-0.2, 0) is 16.0 Å². The summed E-state index contributed by atoms with van der Waals surface area (Å²) in [5.74, 6) is 0.155. The number of benzene rings is 2. The van der Waals surface area contributed by atoms with E-state index in [1.165, 1.54) is 5.56 Å². The zero-order chi connectivity index (χ0) is 19.8. The van der Waals surface area contributed by atoms with Gasteiger partial charge in [0.2, 0.25) is 11.8 Å². The van der Waals surface area contributed by atoms with E-state index < -0.39 is 0 Å². The molecule has 28 heavy (non-hydrogen) atoms. The first-order valence-electron chi connectivity index (χ1n) is 10.00. The molecular formula is C23H27ClN2O2. The second-order valence-corrected chi connectivity index (χ2v) is 7.86. The van der Waals surface area contributed by atoms with Gasteiger partial charge >= 0.3 is 0 Å². The molecule has 5 heteroatoms. The molecule has 0 radical (unpaired) electrons. The Labute approximate surface area is 171 Å². The number of carbonyl (C=O) groups is 2. The topological polar surface area (TPSA) is 58.2 Å². The highest BCUT2D eigenvalue weighted by Crippen LogP contribution is 2.30. The minimum atomic E-state index is -0.0298. The molecule has 0 aliphatic heterocycles. The third-order valence-corrected chi connectivity index (χ3v) is 5.62. The largest absolute Gasteiger partial charge is 0.356 e. The SMILES string of the molecule is O=C(NCCCc1ccccc1)C1CCC(C(=O)Nc2ccc(Cl)cc2)CC1. The van der Waals surface area contributed by atoms with Gasteiger partial charge in [0.1, 0.15) is 0 Å². The lowest BCUT2D eigenvalue weighted by Crippen LogP contribution is -2.36. The van der Waals surface area contributed by atoms with Crippen molar-refractivity contribution in [1.82, 2.24) is 5.32 Å². The molecule has 0 bridgehead atoms. The summed E-state index contributed by atoms with van der Waals surface area (Å²) in [6, 6.07) is 17.4. The van der Waals surface area contributed by atoms with Crippen molar-refractivity contribution < 1.29 is 9.59 Å². The Morgan fingerprint density at radius 3 is 2.11 bits per heavy atom. The molecule has 0 atom stereocenters. The fourth-order valence-electron chi connectivity index (χ4n) is 3.69. The van der Waals surface area contributed by atoms with Gasteiger partial charge in [0.25, 0.3) is 0 Å². The summed E-state index contributed by atoms with van der Waals surface area (Å²) >= 11 is 5.87. The summed E-state index contributed by atoms with van der Waals surface area (Å²) in [6.07, 6.45) is 4.95. The van der Waals surface area contributed by atoms with Crippen molar-refractivity contribution in [2.75, 3.05) is 11.9 Å². The Kier molecular flexibility index (Phi) is 7.49. The lowest BCUT2D eigenvalue weighted by Gasteiger charge is -2.27. The van der Waals surface area contributed by atoms with Crippen LogP contribution in [-0.4, -0.2) is 18.4 Å². The van der Waals surface area contributed by atoms with Crippen LogP contribution in [0.3, 0.4) is 0 Å². The van der Waals surface area contributed by atoms with Crippen molar-refractivity contribution in [2.45, 2.75) is 38.5 Å². The maximum absolute atomic E-state index is 12.4. The van der Waals surface area contributed by atoms with Crippen LogP contribution >= 0.6 is 11.6 Å². The van der Waals surface area contributed by atoms with E-state index in [9.17, 15) is 9.59 Å². The molecule has 148 valence electrons. The quantitative estimate of drug-likeness (QED) is 0.656. The maximum atomic E-state index is 12.4. The van der Waals surface area contributed by atoms with Crippen LogP contribution in [0.4, 0.5) is 5.69 Å². The van der Waals surface area contributed by atoms with Crippen LogP contribution in [0.1, 0.15) is 37.7 Å². The van der Waals surface area contributed by atoms with E-state index in [2.05, 4.69) is 22.8 Å². The highest BCUT2D eigenvalue weighted by molar-refractivity contribution is 6.30. The number of halogens is 1. The number of hydrogen-bond acceptors (Lipinski definition) is 2. The summed E-state index contributed by atoms with van der Waals surface area (Å²) in [5.41, 5.74) is 2.05. The van der Waals surface area contributed by atoms with Gasteiger partial charge in [0.05, 0.1) is 0 Å². The first-order valence-corrected chi connectivity index (χ1v) is 10.4. The number of anilines is 1. The van der Waals surface area contributed by atoms with Gasteiger partial charge in [-0.15, -0.1) is 0 Å². The van der Waals surface area contributed by atoms with E-state index >= 15 is 0 Å². The molecule has 2 N–H and O–H groups in total. The molecule has 0 saturated heterocycles. The highest BCUT2D eigenvalue weighted by atomic mass is 35.5. The summed E-state index contributed by atoms with van der Waals surface area (Å²) in [5, 5.41) is 6.65. The van der Waals surface area contributed by atoms with Crippen LogP contribution in [0, 0.1) is 11.8 Å². The van der Waals surface area contributed by atoms with Gasteiger partial charge in [-0.2, -0.15) is 0 Å². The second-order valence-electron chi connectivity index (χ2n) is 7.42. The normalized spacial score (nSPS) is 19.0. The predicted octanol–water partition coefficient (Wildman–Crippen LogP) is 4.83. The second kappa shape index (κ2) is 10.3. The number of amides is 2. The van der Waals surface area contributed by atoms with Gasteiger partial charge in [-0.05, 0) is 68.4 Å². The third-order valence-electron chi connectivity index (χ3n) is 5.36. The van der Waals surface area contributed by atoms with Crippen molar-refractivity contribution in [2.24, 2.45) is 11.8 Å². The Hall–Kier alpha value is -2.33. The first-order chi connectivity index (χ1) is 13.6. The van der Waals surface area contributed by atoms with Gasteiger partial charge in [-0.1, -0.05) is 41.9 Å². The zero-order valence-corrected chi connectivity index (χ0v) is 16.8. The zero-order valence-electron chi connectivity index (χ0n) is 16.0. The van der Waals surface area contributed by atoms with Gasteiger partial charge in [-0.25, -0.2) is 0 Å². The maximum Gasteiger partial charge on any atom is 0.227 e.